The minimum atomic E-state index is 0.192. The monoisotopic (exact) mass is 393 g/mol. The summed E-state index contributed by atoms with van der Waals surface area (Å²) in [6.45, 7) is 0.805. The van der Waals surface area contributed by atoms with Gasteiger partial charge in [0.2, 0.25) is 0 Å². The second kappa shape index (κ2) is 7.06. The van der Waals surface area contributed by atoms with Crippen LogP contribution in [0, 0.1) is 0 Å². The van der Waals surface area contributed by atoms with Crippen LogP contribution >= 0.6 is 43.2 Å². The van der Waals surface area contributed by atoms with Crippen LogP contribution in [0.5, 0.6) is 0 Å². The number of rotatable bonds is 4. The molecular formula is C13H17Br2NOS. The highest BCUT2D eigenvalue weighted by Crippen LogP contribution is 2.27. The van der Waals surface area contributed by atoms with E-state index >= 15 is 0 Å². The molecule has 0 aromatic carbocycles. The Morgan fingerprint density at radius 3 is 2.61 bits per heavy atom. The molecule has 2 nitrogen and oxygen atoms in total. The molecule has 0 atom stereocenters. The quantitative estimate of drug-likeness (QED) is 0.678. The van der Waals surface area contributed by atoms with Crippen LogP contribution < -0.4 is 0 Å². The molecule has 5 heteroatoms. The Morgan fingerprint density at radius 1 is 1.33 bits per heavy atom. The number of hydrogen-bond donors (Lipinski definition) is 0. The molecule has 100 valence electrons. The lowest BCUT2D eigenvalue weighted by molar-refractivity contribution is 0.0656. The zero-order chi connectivity index (χ0) is 13.0. The Morgan fingerprint density at radius 2 is 2.06 bits per heavy atom. The summed E-state index contributed by atoms with van der Waals surface area (Å²) >= 11 is 8.41. The summed E-state index contributed by atoms with van der Waals surface area (Å²) in [4.78, 5) is 15.4. The molecule has 0 unspecified atom stereocenters. The van der Waals surface area contributed by atoms with Gasteiger partial charge < -0.3 is 4.90 Å². The summed E-state index contributed by atoms with van der Waals surface area (Å²) in [5.74, 6) is 0.192. The zero-order valence-electron chi connectivity index (χ0n) is 10.2. The van der Waals surface area contributed by atoms with Crippen LogP contribution in [0.2, 0.25) is 0 Å². The predicted octanol–water partition coefficient (Wildman–Crippen LogP) is 4.68. The third kappa shape index (κ3) is 3.58. The third-order valence-electron chi connectivity index (χ3n) is 3.39. The van der Waals surface area contributed by atoms with Gasteiger partial charge in [-0.15, -0.1) is 11.3 Å². The molecule has 0 aliphatic heterocycles. The molecule has 1 saturated carbocycles. The topological polar surface area (TPSA) is 20.3 Å². The summed E-state index contributed by atoms with van der Waals surface area (Å²) in [6, 6.07) is 4.30. The van der Waals surface area contributed by atoms with E-state index < -0.39 is 0 Å². The lowest BCUT2D eigenvalue weighted by atomic mass is 9.94. The van der Waals surface area contributed by atoms with E-state index in [1.165, 1.54) is 30.6 Å². The van der Waals surface area contributed by atoms with Crippen LogP contribution in [0.1, 0.15) is 41.8 Å². The normalized spacial score (nSPS) is 16.8. The molecule has 0 bridgehead atoms. The molecular weight excluding hydrogens is 378 g/mol. The fourth-order valence-corrected chi connectivity index (χ4v) is 4.23. The maximum absolute atomic E-state index is 12.5. The highest BCUT2D eigenvalue weighted by Gasteiger charge is 2.26. The molecule has 1 fully saturated rings. The predicted molar refractivity (Wildman–Crippen MR) is 83.7 cm³/mol. The highest BCUT2D eigenvalue weighted by atomic mass is 79.9. The van der Waals surface area contributed by atoms with Crippen LogP contribution in [0.3, 0.4) is 0 Å². The van der Waals surface area contributed by atoms with Gasteiger partial charge in [0.1, 0.15) is 0 Å². The maximum Gasteiger partial charge on any atom is 0.264 e. The number of carbonyl (C=O) groups excluding carboxylic acids is 1. The zero-order valence-corrected chi connectivity index (χ0v) is 14.2. The molecule has 1 aromatic heterocycles. The Kier molecular flexibility index (Phi) is 5.70. The van der Waals surface area contributed by atoms with Crippen molar-refractivity contribution in [3.05, 3.63) is 20.8 Å². The van der Waals surface area contributed by atoms with E-state index in [4.69, 9.17) is 0 Å². The Hall–Kier alpha value is 0.130. The average molecular weight is 395 g/mol. The molecule has 0 saturated heterocycles. The number of hydrogen-bond acceptors (Lipinski definition) is 2. The van der Waals surface area contributed by atoms with Gasteiger partial charge >= 0.3 is 0 Å². The summed E-state index contributed by atoms with van der Waals surface area (Å²) in [6.07, 6.45) is 6.14. The summed E-state index contributed by atoms with van der Waals surface area (Å²) < 4.78 is 1.02. The Labute approximate surface area is 129 Å². The van der Waals surface area contributed by atoms with Crippen LogP contribution in [0.4, 0.5) is 0 Å². The molecule has 1 aliphatic carbocycles. The van der Waals surface area contributed by atoms with Gasteiger partial charge in [-0.3, -0.25) is 4.79 Å². The van der Waals surface area contributed by atoms with Crippen LogP contribution in [0.15, 0.2) is 15.9 Å². The van der Waals surface area contributed by atoms with Crippen molar-refractivity contribution in [1.29, 1.82) is 0 Å². The smallest absolute Gasteiger partial charge is 0.264 e. The van der Waals surface area contributed by atoms with Crippen molar-refractivity contribution in [3.63, 3.8) is 0 Å². The SMILES string of the molecule is O=C(c1ccc(Br)s1)N(CCBr)C1CCCCC1. The van der Waals surface area contributed by atoms with Crippen molar-refractivity contribution >= 4 is 49.1 Å². The Balaban J connectivity index is 2.10. The second-order valence-corrected chi connectivity index (χ2v) is 7.84. The van der Waals surface area contributed by atoms with E-state index in [9.17, 15) is 4.79 Å². The summed E-state index contributed by atoms with van der Waals surface area (Å²) in [5, 5.41) is 0.849. The highest BCUT2D eigenvalue weighted by molar-refractivity contribution is 9.11. The van der Waals surface area contributed by atoms with Gasteiger partial charge in [-0.25, -0.2) is 0 Å². The lowest BCUT2D eigenvalue weighted by Gasteiger charge is -2.33. The van der Waals surface area contributed by atoms with E-state index in [0.29, 0.717) is 6.04 Å². The molecule has 1 amide bonds. The van der Waals surface area contributed by atoms with Crippen molar-refractivity contribution in [2.24, 2.45) is 0 Å². The van der Waals surface area contributed by atoms with Crippen molar-refractivity contribution < 1.29 is 4.79 Å². The first kappa shape index (κ1) is 14.5. The lowest BCUT2D eigenvalue weighted by Crippen LogP contribution is -2.42. The van der Waals surface area contributed by atoms with Gasteiger partial charge in [-0.1, -0.05) is 35.2 Å². The number of thiophene rings is 1. The second-order valence-electron chi connectivity index (χ2n) is 4.58. The minimum Gasteiger partial charge on any atom is -0.334 e. The molecule has 0 spiro atoms. The minimum absolute atomic E-state index is 0.192. The maximum atomic E-state index is 12.5. The van der Waals surface area contributed by atoms with Gasteiger partial charge in [0.15, 0.2) is 0 Å². The van der Waals surface area contributed by atoms with Crippen LogP contribution in [-0.2, 0) is 0 Å². The number of halogens is 2. The van der Waals surface area contributed by atoms with E-state index in [2.05, 4.69) is 36.8 Å². The fraction of sp³-hybridized carbons (Fsp3) is 0.615. The van der Waals surface area contributed by atoms with Gasteiger partial charge in [0, 0.05) is 17.9 Å². The van der Waals surface area contributed by atoms with Gasteiger partial charge in [-0.2, -0.15) is 0 Å². The van der Waals surface area contributed by atoms with Gasteiger partial charge in [-0.05, 0) is 40.9 Å². The number of alkyl halides is 1. The molecule has 2 rings (SSSR count). The van der Waals surface area contributed by atoms with Crippen molar-refractivity contribution in [2.45, 2.75) is 38.1 Å². The number of amides is 1. The van der Waals surface area contributed by atoms with Crippen molar-refractivity contribution in [2.75, 3.05) is 11.9 Å². The first-order valence-corrected chi connectivity index (χ1v) is 9.07. The molecule has 1 heterocycles. The van der Waals surface area contributed by atoms with E-state index in [0.717, 1.165) is 33.4 Å². The Bertz CT molecular complexity index is 401. The molecule has 0 N–H and O–H groups in total. The average Bonchev–Trinajstić information content (AvgIpc) is 2.83. The fourth-order valence-electron chi connectivity index (χ4n) is 2.50. The number of nitrogens with zero attached hydrogens (tertiary/aromatic N) is 1. The van der Waals surface area contributed by atoms with E-state index in [1.54, 1.807) is 0 Å². The summed E-state index contributed by atoms with van der Waals surface area (Å²) in [7, 11) is 0. The summed E-state index contributed by atoms with van der Waals surface area (Å²) in [5.41, 5.74) is 0. The van der Waals surface area contributed by atoms with E-state index in [1.807, 2.05) is 12.1 Å². The van der Waals surface area contributed by atoms with Crippen LogP contribution in [-0.4, -0.2) is 28.7 Å². The molecule has 1 aliphatic rings. The first-order valence-electron chi connectivity index (χ1n) is 6.34. The van der Waals surface area contributed by atoms with Crippen molar-refractivity contribution in [3.8, 4) is 0 Å². The van der Waals surface area contributed by atoms with Crippen LogP contribution in [0.25, 0.3) is 0 Å². The third-order valence-corrected chi connectivity index (χ3v) is 5.35. The number of carbonyl (C=O) groups is 1. The first-order chi connectivity index (χ1) is 8.72. The molecule has 18 heavy (non-hydrogen) atoms. The van der Waals surface area contributed by atoms with Gasteiger partial charge in [0.05, 0.1) is 8.66 Å². The molecule has 0 radical (unpaired) electrons. The standard InChI is InChI=1S/C13H17Br2NOS/c14-8-9-16(10-4-2-1-3-5-10)13(17)11-6-7-12(15)18-11/h6-7,10H,1-5,8-9H2. The largest absolute Gasteiger partial charge is 0.334 e. The molecule has 1 aromatic rings. The van der Waals surface area contributed by atoms with Crippen molar-refractivity contribution in [1.82, 2.24) is 4.90 Å². The van der Waals surface area contributed by atoms with Gasteiger partial charge in [0.25, 0.3) is 5.91 Å². The van der Waals surface area contributed by atoms with E-state index in [-0.39, 0.29) is 5.91 Å².